The Morgan fingerprint density at radius 3 is 2.81 bits per heavy atom. The van der Waals surface area contributed by atoms with E-state index in [4.69, 9.17) is 21.1 Å². The molecule has 0 aromatic heterocycles. The number of carbonyl (C=O) groups excluding carboxylic acids is 1. The lowest BCUT2D eigenvalue weighted by Gasteiger charge is -2.13. The van der Waals surface area contributed by atoms with Crippen LogP contribution in [0.25, 0.3) is 0 Å². The maximum atomic E-state index is 12.1. The van der Waals surface area contributed by atoms with Gasteiger partial charge in [0.2, 0.25) is 0 Å². The number of benzene rings is 2. The maximum Gasteiger partial charge on any atom is 0.272 e. The number of ether oxygens (including phenoxy) is 2. The molecule has 1 N–H and O–H groups in total. The molecule has 5 nitrogen and oxygen atoms in total. The van der Waals surface area contributed by atoms with Crippen LogP contribution in [0.3, 0.4) is 0 Å². The number of hydrogen-bond donors (Lipinski definition) is 1. The minimum absolute atomic E-state index is 0.315. The van der Waals surface area contributed by atoms with Gasteiger partial charge >= 0.3 is 0 Å². The monoisotopic (exact) mass is 436 g/mol. The number of hydrazone groups is 1. The molecular formula is C19H18BrClN2O3. The van der Waals surface area contributed by atoms with E-state index in [2.05, 4.69) is 33.0 Å². The topological polar surface area (TPSA) is 59.9 Å². The summed E-state index contributed by atoms with van der Waals surface area (Å²) in [6.45, 7) is 6.25. The van der Waals surface area contributed by atoms with Crippen LogP contribution in [0.15, 0.2) is 58.6 Å². The molecule has 0 aliphatic rings. The fourth-order valence-electron chi connectivity index (χ4n) is 2.08. The SMILES string of the molecule is C=CCOc1c(Cl)cc(/C=N/NC(=O)c2ccccc2Br)cc1OCC. The first-order valence-corrected chi connectivity index (χ1v) is 9.01. The number of rotatable bonds is 8. The second-order valence-electron chi connectivity index (χ2n) is 5.04. The number of nitrogens with one attached hydrogen (secondary N) is 1. The highest BCUT2D eigenvalue weighted by molar-refractivity contribution is 9.10. The van der Waals surface area contributed by atoms with E-state index < -0.39 is 0 Å². The van der Waals surface area contributed by atoms with Crippen molar-refractivity contribution in [3.63, 3.8) is 0 Å². The fraction of sp³-hybridized carbons (Fsp3) is 0.158. The van der Waals surface area contributed by atoms with Gasteiger partial charge in [-0.15, -0.1) is 0 Å². The first-order chi connectivity index (χ1) is 12.6. The number of halogens is 2. The zero-order chi connectivity index (χ0) is 18.9. The first-order valence-electron chi connectivity index (χ1n) is 7.84. The lowest BCUT2D eigenvalue weighted by molar-refractivity contribution is 0.0954. The molecule has 136 valence electrons. The van der Waals surface area contributed by atoms with Crippen LogP contribution in [0.2, 0.25) is 5.02 Å². The largest absolute Gasteiger partial charge is 0.490 e. The zero-order valence-corrected chi connectivity index (χ0v) is 16.5. The number of amides is 1. The summed E-state index contributed by atoms with van der Waals surface area (Å²) in [5.74, 6) is 0.624. The summed E-state index contributed by atoms with van der Waals surface area (Å²) < 4.78 is 11.8. The Morgan fingerprint density at radius 2 is 2.12 bits per heavy atom. The summed E-state index contributed by atoms with van der Waals surface area (Å²) in [5.41, 5.74) is 3.64. The van der Waals surface area contributed by atoms with E-state index >= 15 is 0 Å². The Hall–Kier alpha value is -2.31. The molecule has 0 unspecified atom stereocenters. The van der Waals surface area contributed by atoms with E-state index in [1.807, 2.05) is 13.0 Å². The highest BCUT2D eigenvalue weighted by Gasteiger charge is 2.12. The van der Waals surface area contributed by atoms with E-state index in [1.165, 1.54) is 6.21 Å². The van der Waals surface area contributed by atoms with Crippen LogP contribution in [0.5, 0.6) is 11.5 Å². The minimum atomic E-state index is -0.323. The molecule has 0 saturated carbocycles. The van der Waals surface area contributed by atoms with Crippen molar-refractivity contribution in [2.75, 3.05) is 13.2 Å². The summed E-state index contributed by atoms with van der Waals surface area (Å²) >= 11 is 9.60. The lowest BCUT2D eigenvalue weighted by Crippen LogP contribution is -2.18. The molecule has 0 bridgehead atoms. The minimum Gasteiger partial charge on any atom is -0.490 e. The summed E-state index contributed by atoms with van der Waals surface area (Å²) in [6.07, 6.45) is 3.11. The summed E-state index contributed by atoms with van der Waals surface area (Å²) in [7, 11) is 0. The molecule has 0 aliphatic carbocycles. The average Bonchev–Trinajstić information content (AvgIpc) is 2.61. The molecule has 0 saturated heterocycles. The maximum absolute atomic E-state index is 12.1. The Bertz CT molecular complexity index is 824. The highest BCUT2D eigenvalue weighted by Crippen LogP contribution is 2.36. The van der Waals surface area contributed by atoms with Crippen molar-refractivity contribution < 1.29 is 14.3 Å². The van der Waals surface area contributed by atoms with Crippen molar-refractivity contribution >= 4 is 39.7 Å². The third-order valence-electron chi connectivity index (χ3n) is 3.18. The van der Waals surface area contributed by atoms with Crippen LogP contribution in [-0.2, 0) is 0 Å². The van der Waals surface area contributed by atoms with Crippen molar-refractivity contribution in [1.29, 1.82) is 0 Å². The Kier molecular flexibility index (Phi) is 7.69. The van der Waals surface area contributed by atoms with Crippen LogP contribution >= 0.6 is 27.5 Å². The fourth-order valence-corrected chi connectivity index (χ4v) is 2.82. The predicted molar refractivity (Wildman–Crippen MR) is 108 cm³/mol. The van der Waals surface area contributed by atoms with E-state index in [0.29, 0.717) is 45.3 Å². The molecule has 2 aromatic rings. The van der Waals surface area contributed by atoms with Crippen molar-refractivity contribution in [2.45, 2.75) is 6.92 Å². The van der Waals surface area contributed by atoms with Gasteiger partial charge in [-0.25, -0.2) is 5.43 Å². The van der Waals surface area contributed by atoms with Gasteiger partial charge in [0, 0.05) is 4.47 Å². The molecule has 7 heteroatoms. The Labute approximate surface area is 165 Å². The quantitative estimate of drug-likeness (QED) is 0.365. The zero-order valence-electron chi connectivity index (χ0n) is 14.2. The molecule has 26 heavy (non-hydrogen) atoms. The smallest absolute Gasteiger partial charge is 0.272 e. The molecule has 0 fully saturated rings. The van der Waals surface area contributed by atoms with E-state index in [1.54, 1.807) is 36.4 Å². The standard InChI is InChI=1S/C19H18BrClN2O3/c1-3-9-26-18-16(21)10-13(11-17(18)25-4-2)12-22-23-19(24)14-7-5-6-8-15(14)20/h3,5-8,10-12H,1,4,9H2,2H3,(H,23,24)/b22-12+. The normalized spacial score (nSPS) is 10.6. The van der Waals surface area contributed by atoms with E-state index in [0.717, 1.165) is 0 Å². The Balaban J connectivity index is 2.15. The third kappa shape index (κ3) is 5.34. The molecule has 0 heterocycles. The van der Waals surface area contributed by atoms with E-state index in [-0.39, 0.29) is 5.91 Å². The molecule has 2 rings (SSSR count). The third-order valence-corrected chi connectivity index (χ3v) is 4.15. The Morgan fingerprint density at radius 1 is 1.35 bits per heavy atom. The van der Waals surface area contributed by atoms with Gasteiger partial charge in [0.25, 0.3) is 5.91 Å². The lowest BCUT2D eigenvalue weighted by atomic mass is 10.2. The second-order valence-corrected chi connectivity index (χ2v) is 6.30. The van der Waals surface area contributed by atoms with Crippen LogP contribution < -0.4 is 14.9 Å². The van der Waals surface area contributed by atoms with Crippen LogP contribution in [0, 0.1) is 0 Å². The summed E-state index contributed by atoms with van der Waals surface area (Å²) in [6, 6.07) is 10.5. The number of hydrogen-bond acceptors (Lipinski definition) is 4. The van der Waals surface area contributed by atoms with Crippen molar-refractivity contribution in [3.05, 3.63) is 69.7 Å². The molecule has 1 amide bonds. The van der Waals surface area contributed by atoms with Crippen molar-refractivity contribution in [3.8, 4) is 11.5 Å². The van der Waals surface area contributed by atoms with Crippen molar-refractivity contribution in [2.24, 2.45) is 5.10 Å². The first kappa shape index (κ1) is 20.0. The summed E-state index contributed by atoms with van der Waals surface area (Å²) in [4.78, 5) is 12.1. The molecule has 2 aromatic carbocycles. The molecule has 0 aliphatic heterocycles. The second kappa shape index (κ2) is 9.99. The highest BCUT2D eigenvalue weighted by atomic mass is 79.9. The van der Waals surface area contributed by atoms with Crippen molar-refractivity contribution in [1.82, 2.24) is 5.43 Å². The van der Waals surface area contributed by atoms with Gasteiger partial charge in [-0.05, 0) is 52.7 Å². The van der Waals surface area contributed by atoms with Gasteiger partial charge < -0.3 is 9.47 Å². The van der Waals surface area contributed by atoms with Gasteiger partial charge in [0.05, 0.1) is 23.4 Å². The number of nitrogens with zero attached hydrogens (tertiary/aromatic N) is 1. The number of carbonyl (C=O) groups is 1. The van der Waals surface area contributed by atoms with Gasteiger partial charge in [-0.1, -0.05) is 36.4 Å². The van der Waals surface area contributed by atoms with Gasteiger partial charge in [-0.3, -0.25) is 4.79 Å². The van der Waals surface area contributed by atoms with Crippen LogP contribution in [-0.4, -0.2) is 25.3 Å². The average molecular weight is 438 g/mol. The molecule has 0 spiro atoms. The van der Waals surface area contributed by atoms with Gasteiger partial charge in [0.15, 0.2) is 11.5 Å². The van der Waals surface area contributed by atoms with E-state index in [9.17, 15) is 4.79 Å². The molecular weight excluding hydrogens is 420 g/mol. The van der Waals surface area contributed by atoms with Crippen LogP contribution in [0.1, 0.15) is 22.8 Å². The molecule has 0 atom stereocenters. The molecule has 0 radical (unpaired) electrons. The summed E-state index contributed by atoms with van der Waals surface area (Å²) in [5, 5.41) is 4.36. The predicted octanol–water partition coefficient (Wildman–Crippen LogP) is 4.83. The van der Waals surface area contributed by atoms with Crippen LogP contribution in [0.4, 0.5) is 0 Å². The van der Waals surface area contributed by atoms with Gasteiger partial charge in [0.1, 0.15) is 6.61 Å². The van der Waals surface area contributed by atoms with Gasteiger partial charge in [-0.2, -0.15) is 5.10 Å².